The Balaban J connectivity index is 2.65. The van der Waals surface area contributed by atoms with Crippen LogP contribution in [-0.2, 0) is 6.42 Å². The zero-order chi connectivity index (χ0) is 12.4. The average molecular weight is 249 g/mol. The maximum atomic E-state index is 4.70. The summed E-state index contributed by atoms with van der Waals surface area (Å²) in [5, 5.41) is 1.20. The third-order valence-electron chi connectivity index (χ3n) is 2.92. The predicted octanol–water partition coefficient (Wildman–Crippen LogP) is 3.41. The third kappa shape index (κ3) is 2.27. The summed E-state index contributed by atoms with van der Waals surface area (Å²) in [7, 11) is 0. The van der Waals surface area contributed by atoms with Crippen LogP contribution in [-0.4, -0.2) is 23.1 Å². The van der Waals surface area contributed by atoms with E-state index in [9.17, 15) is 0 Å². The van der Waals surface area contributed by atoms with Crippen LogP contribution >= 0.6 is 11.3 Å². The summed E-state index contributed by atoms with van der Waals surface area (Å²) in [6, 6.07) is 2.20. The molecule has 0 amide bonds. The number of fused-ring (bicyclic) bond motifs is 1. The van der Waals surface area contributed by atoms with Crippen LogP contribution in [0.15, 0.2) is 6.07 Å². The van der Waals surface area contributed by atoms with Crippen molar-refractivity contribution in [3.8, 4) is 0 Å². The lowest BCUT2D eigenvalue weighted by Gasteiger charge is -2.20. The number of hydrogen-bond acceptors (Lipinski definition) is 4. The lowest BCUT2D eigenvalue weighted by molar-refractivity contribution is 0.834. The van der Waals surface area contributed by atoms with Gasteiger partial charge in [0, 0.05) is 24.4 Å². The molecule has 3 nitrogen and oxygen atoms in total. The summed E-state index contributed by atoms with van der Waals surface area (Å²) in [5.74, 6) is 2.04. The van der Waals surface area contributed by atoms with Crippen LogP contribution in [0.1, 0.15) is 31.5 Å². The normalized spacial score (nSPS) is 11.1. The van der Waals surface area contributed by atoms with Gasteiger partial charge < -0.3 is 4.90 Å². The van der Waals surface area contributed by atoms with Crippen LogP contribution in [0.5, 0.6) is 0 Å². The molecule has 2 aromatic heterocycles. The molecule has 0 fully saturated rings. The topological polar surface area (TPSA) is 29.0 Å². The lowest BCUT2D eigenvalue weighted by Crippen LogP contribution is -2.23. The molecule has 0 aromatic carbocycles. The maximum absolute atomic E-state index is 4.70. The molecule has 0 aliphatic heterocycles. The standard InChI is InChI=1S/C13H19N3S/c1-5-11-14-12(16(6-2)7-3)10-8-9(4)17-13(10)15-11/h8H,5-7H2,1-4H3. The fourth-order valence-electron chi connectivity index (χ4n) is 1.99. The number of nitrogens with zero attached hydrogens (tertiary/aromatic N) is 3. The summed E-state index contributed by atoms with van der Waals surface area (Å²) in [6.07, 6.45) is 0.890. The van der Waals surface area contributed by atoms with Crippen molar-refractivity contribution in [3.05, 3.63) is 16.8 Å². The van der Waals surface area contributed by atoms with E-state index in [4.69, 9.17) is 4.98 Å². The highest BCUT2D eigenvalue weighted by molar-refractivity contribution is 7.18. The van der Waals surface area contributed by atoms with Gasteiger partial charge in [-0.25, -0.2) is 9.97 Å². The minimum Gasteiger partial charge on any atom is -0.357 e. The first kappa shape index (κ1) is 12.3. The maximum Gasteiger partial charge on any atom is 0.141 e. The molecular formula is C13H19N3S. The minimum atomic E-state index is 0.890. The van der Waals surface area contributed by atoms with Crippen molar-refractivity contribution in [2.24, 2.45) is 0 Å². The van der Waals surface area contributed by atoms with E-state index in [0.717, 1.165) is 36.0 Å². The Morgan fingerprint density at radius 2 is 1.88 bits per heavy atom. The van der Waals surface area contributed by atoms with Crippen LogP contribution in [0.25, 0.3) is 10.2 Å². The number of rotatable bonds is 4. The molecule has 0 radical (unpaired) electrons. The molecule has 4 heteroatoms. The van der Waals surface area contributed by atoms with E-state index in [1.54, 1.807) is 11.3 Å². The number of thiophene rings is 1. The van der Waals surface area contributed by atoms with Crippen molar-refractivity contribution >= 4 is 27.4 Å². The largest absolute Gasteiger partial charge is 0.357 e. The number of hydrogen-bond donors (Lipinski definition) is 0. The summed E-state index contributed by atoms with van der Waals surface area (Å²) in [6.45, 7) is 10.5. The van der Waals surface area contributed by atoms with Crippen LogP contribution in [0.4, 0.5) is 5.82 Å². The van der Waals surface area contributed by atoms with Gasteiger partial charge in [-0.05, 0) is 26.8 Å². The lowest BCUT2D eigenvalue weighted by atomic mass is 10.3. The molecular weight excluding hydrogens is 230 g/mol. The van der Waals surface area contributed by atoms with E-state index in [1.165, 1.54) is 10.3 Å². The first-order chi connectivity index (χ1) is 8.19. The SMILES string of the molecule is CCc1nc(N(CC)CC)c2cc(C)sc2n1. The molecule has 0 saturated carbocycles. The quantitative estimate of drug-likeness (QED) is 0.831. The molecule has 0 aliphatic rings. The van der Waals surface area contributed by atoms with Crippen molar-refractivity contribution in [1.29, 1.82) is 0 Å². The van der Waals surface area contributed by atoms with Crippen molar-refractivity contribution in [2.45, 2.75) is 34.1 Å². The first-order valence-electron chi connectivity index (χ1n) is 6.21. The third-order valence-corrected chi connectivity index (χ3v) is 3.87. The molecule has 17 heavy (non-hydrogen) atoms. The van der Waals surface area contributed by atoms with Crippen molar-refractivity contribution in [2.75, 3.05) is 18.0 Å². The van der Waals surface area contributed by atoms with Gasteiger partial charge in [-0.1, -0.05) is 6.92 Å². The summed E-state index contributed by atoms with van der Waals surface area (Å²) in [4.78, 5) is 14.0. The summed E-state index contributed by atoms with van der Waals surface area (Å²) >= 11 is 1.76. The Kier molecular flexibility index (Phi) is 3.62. The predicted molar refractivity (Wildman–Crippen MR) is 75.1 cm³/mol. The minimum absolute atomic E-state index is 0.890. The highest BCUT2D eigenvalue weighted by Gasteiger charge is 2.13. The Morgan fingerprint density at radius 3 is 2.47 bits per heavy atom. The number of aryl methyl sites for hydroxylation is 2. The number of aromatic nitrogens is 2. The van der Waals surface area contributed by atoms with Gasteiger partial charge in [-0.3, -0.25) is 0 Å². The van der Waals surface area contributed by atoms with Gasteiger partial charge >= 0.3 is 0 Å². The van der Waals surface area contributed by atoms with Gasteiger partial charge in [0.2, 0.25) is 0 Å². The average Bonchev–Trinajstić information content (AvgIpc) is 2.70. The van der Waals surface area contributed by atoms with Crippen LogP contribution in [0.3, 0.4) is 0 Å². The molecule has 0 unspecified atom stereocenters. The second kappa shape index (κ2) is 5.00. The smallest absolute Gasteiger partial charge is 0.141 e. The van der Waals surface area contributed by atoms with E-state index < -0.39 is 0 Å². The summed E-state index contributed by atoms with van der Waals surface area (Å²) in [5.41, 5.74) is 0. The van der Waals surface area contributed by atoms with E-state index in [2.05, 4.69) is 43.6 Å². The van der Waals surface area contributed by atoms with Gasteiger partial charge in [0.1, 0.15) is 16.5 Å². The fraction of sp³-hybridized carbons (Fsp3) is 0.538. The molecule has 0 aliphatic carbocycles. The Bertz CT molecular complexity index is 515. The zero-order valence-corrected chi connectivity index (χ0v) is 11.8. The molecule has 0 saturated heterocycles. The molecule has 0 spiro atoms. The van der Waals surface area contributed by atoms with Crippen LogP contribution in [0.2, 0.25) is 0 Å². The fourth-order valence-corrected chi connectivity index (χ4v) is 2.89. The molecule has 92 valence electrons. The van der Waals surface area contributed by atoms with Gasteiger partial charge in [0.25, 0.3) is 0 Å². The zero-order valence-electron chi connectivity index (χ0n) is 10.9. The summed E-state index contributed by atoms with van der Waals surface area (Å²) < 4.78 is 0. The highest BCUT2D eigenvalue weighted by Crippen LogP contribution is 2.30. The first-order valence-corrected chi connectivity index (χ1v) is 7.03. The van der Waals surface area contributed by atoms with E-state index in [1.807, 2.05) is 0 Å². The number of anilines is 1. The van der Waals surface area contributed by atoms with E-state index >= 15 is 0 Å². The second-order valence-electron chi connectivity index (χ2n) is 4.07. The Hall–Kier alpha value is -1.16. The molecule has 0 N–H and O–H groups in total. The van der Waals surface area contributed by atoms with Crippen LogP contribution < -0.4 is 4.90 Å². The van der Waals surface area contributed by atoms with Gasteiger partial charge in [-0.15, -0.1) is 11.3 Å². The van der Waals surface area contributed by atoms with Crippen molar-refractivity contribution in [3.63, 3.8) is 0 Å². The van der Waals surface area contributed by atoms with Gasteiger partial charge in [-0.2, -0.15) is 0 Å². The monoisotopic (exact) mass is 249 g/mol. The van der Waals surface area contributed by atoms with Crippen molar-refractivity contribution < 1.29 is 0 Å². The molecule has 2 rings (SSSR count). The van der Waals surface area contributed by atoms with E-state index in [0.29, 0.717) is 0 Å². The molecule has 0 bridgehead atoms. The van der Waals surface area contributed by atoms with Gasteiger partial charge in [0.15, 0.2) is 0 Å². The molecule has 2 heterocycles. The van der Waals surface area contributed by atoms with Gasteiger partial charge in [0.05, 0.1) is 5.39 Å². The van der Waals surface area contributed by atoms with E-state index in [-0.39, 0.29) is 0 Å². The van der Waals surface area contributed by atoms with Crippen LogP contribution in [0, 0.1) is 6.92 Å². The Labute approximate surface area is 107 Å². The molecule has 0 atom stereocenters. The Morgan fingerprint density at radius 1 is 1.18 bits per heavy atom. The highest BCUT2D eigenvalue weighted by atomic mass is 32.1. The van der Waals surface area contributed by atoms with Crippen molar-refractivity contribution in [1.82, 2.24) is 9.97 Å². The molecule has 2 aromatic rings. The second-order valence-corrected chi connectivity index (χ2v) is 5.30.